The van der Waals surface area contributed by atoms with Crippen molar-refractivity contribution in [3.63, 3.8) is 0 Å². The molecule has 0 fully saturated rings. The molecule has 0 atom stereocenters. The van der Waals surface area contributed by atoms with Crippen molar-refractivity contribution in [3.8, 4) is 0 Å². The number of halogens is 3. The van der Waals surface area contributed by atoms with E-state index < -0.39 is 23.2 Å². The van der Waals surface area contributed by atoms with E-state index in [2.05, 4.69) is 15.5 Å². The summed E-state index contributed by atoms with van der Waals surface area (Å²) in [5.74, 6) is -0.721. The number of aromatic amines is 1. The van der Waals surface area contributed by atoms with Gasteiger partial charge in [0.25, 0.3) is 11.5 Å². The first-order chi connectivity index (χ1) is 11.4. The number of alkyl halides is 3. The summed E-state index contributed by atoms with van der Waals surface area (Å²) in [6, 6.07) is 10.6. The van der Waals surface area contributed by atoms with Crippen LogP contribution in [-0.2, 0) is 6.18 Å². The van der Waals surface area contributed by atoms with Gasteiger partial charge in [0, 0.05) is 11.1 Å². The van der Waals surface area contributed by atoms with Gasteiger partial charge in [-0.05, 0) is 24.3 Å². The van der Waals surface area contributed by atoms with Gasteiger partial charge in [0.05, 0.1) is 10.9 Å². The number of nitrogens with one attached hydrogen (secondary N) is 2. The Labute approximate surface area is 133 Å². The van der Waals surface area contributed by atoms with Gasteiger partial charge < -0.3 is 5.32 Å². The van der Waals surface area contributed by atoms with Gasteiger partial charge in [-0.3, -0.25) is 9.59 Å². The average molecular weight is 333 g/mol. The summed E-state index contributed by atoms with van der Waals surface area (Å²) < 4.78 is 38.1. The van der Waals surface area contributed by atoms with Crippen LogP contribution in [0.4, 0.5) is 18.9 Å². The van der Waals surface area contributed by atoms with Crippen LogP contribution in [-0.4, -0.2) is 16.1 Å². The standard InChI is InChI=1S/C16H10F3N3O2/c17-16(18,19)9-4-3-5-10(8-9)20-15(24)13-11-6-1-2-7-12(11)14(23)22-21-13/h1-8H,(H,20,24)(H,22,23). The highest BCUT2D eigenvalue weighted by molar-refractivity contribution is 6.11. The van der Waals surface area contributed by atoms with Crippen LogP contribution in [0.1, 0.15) is 16.1 Å². The van der Waals surface area contributed by atoms with Crippen molar-refractivity contribution in [2.75, 3.05) is 5.32 Å². The number of hydrogen-bond donors (Lipinski definition) is 2. The number of fused-ring (bicyclic) bond motifs is 1. The maximum Gasteiger partial charge on any atom is 0.416 e. The molecule has 5 nitrogen and oxygen atoms in total. The maximum absolute atomic E-state index is 12.7. The fourth-order valence-electron chi connectivity index (χ4n) is 2.25. The number of benzene rings is 2. The fraction of sp³-hybridized carbons (Fsp3) is 0.0625. The minimum absolute atomic E-state index is 0.0214. The first kappa shape index (κ1) is 15.7. The molecule has 0 saturated heterocycles. The molecule has 122 valence electrons. The number of rotatable bonds is 2. The molecular formula is C16H10F3N3O2. The van der Waals surface area contributed by atoms with E-state index in [0.717, 1.165) is 12.1 Å². The Morgan fingerprint density at radius 1 is 1.04 bits per heavy atom. The van der Waals surface area contributed by atoms with Crippen LogP contribution in [0.3, 0.4) is 0 Å². The number of aromatic nitrogens is 2. The Kier molecular flexibility index (Phi) is 3.80. The predicted molar refractivity (Wildman–Crippen MR) is 81.8 cm³/mol. The monoisotopic (exact) mass is 333 g/mol. The second-order valence-electron chi connectivity index (χ2n) is 4.98. The third-order valence-electron chi connectivity index (χ3n) is 3.36. The molecule has 0 bridgehead atoms. The minimum atomic E-state index is -4.51. The molecule has 0 saturated carbocycles. The largest absolute Gasteiger partial charge is 0.416 e. The van der Waals surface area contributed by atoms with Crippen molar-refractivity contribution in [3.05, 3.63) is 70.1 Å². The van der Waals surface area contributed by atoms with Gasteiger partial charge in [-0.1, -0.05) is 24.3 Å². The fourth-order valence-corrected chi connectivity index (χ4v) is 2.25. The SMILES string of the molecule is O=C(Nc1cccc(C(F)(F)F)c1)c1n[nH]c(=O)c2ccccc12. The van der Waals surface area contributed by atoms with Crippen LogP contribution in [0, 0.1) is 0 Å². The summed E-state index contributed by atoms with van der Waals surface area (Å²) >= 11 is 0. The van der Waals surface area contributed by atoms with E-state index in [0.29, 0.717) is 5.39 Å². The summed E-state index contributed by atoms with van der Waals surface area (Å²) in [6.07, 6.45) is -4.51. The second kappa shape index (κ2) is 5.80. The van der Waals surface area contributed by atoms with Gasteiger partial charge in [0.15, 0.2) is 5.69 Å². The molecule has 0 radical (unpaired) electrons. The van der Waals surface area contributed by atoms with Crippen LogP contribution < -0.4 is 10.9 Å². The van der Waals surface area contributed by atoms with Crippen LogP contribution in [0.25, 0.3) is 10.8 Å². The molecule has 1 aromatic heterocycles. The number of hydrogen-bond acceptors (Lipinski definition) is 3. The van der Waals surface area contributed by atoms with Gasteiger partial charge in [-0.25, -0.2) is 5.10 Å². The molecule has 3 aromatic rings. The Morgan fingerprint density at radius 2 is 1.75 bits per heavy atom. The number of carbonyl (C=O) groups excluding carboxylic acids is 1. The quantitative estimate of drug-likeness (QED) is 0.756. The first-order valence-electron chi connectivity index (χ1n) is 6.82. The van der Waals surface area contributed by atoms with Gasteiger partial charge in [-0.15, -0.1) is 0 Å². The third-order valence-corrected chi connectivity index (χ3v) is 3.36. The minimum Gasteiger partial charge on any atom is -0.321 e. The summed E-state index contributed by atoms with van der Waals surface area (Å²) in [5.41, 5.74) is -1.43. The van der Waals surface area contributed by atoms with E-state index in [-0.39, 0.29) is 16.8 Å². The van der Waals surface area contributed by atoms with Gasteiger partial charge in [0.1, 0.15) is 0 Å². The number of nitrogens with zero attached hydrogens (tertiary/aromatic N) is 1. The Balaban J connectivity index is 1.97. The van der Waals surface area contributed by atoms with Crippen LogP contribution in [0.2, 0.25) is 0 Å². The van der Waals surface area contributed by atoms with Crippen molar-refractivity contribution in [1.82, 2.24) is 10.2 Å². The molecule has 0 aliphatic heterocycles. The smallest absolute Gasteiger partial charge is 0.321 e. The number of H-pyrrole nitrogens is 1. The van der Waals surface area contributed by atoms with Crippen molar-refractivity contribution in [1.29, 1.82) is 0 Å². The van der Waals surface area contributed by atoms with E-state index in [9.17, 15) is 22.8 Å². The molecule has 8 heteroatoms. The second-order valence-corrected chi connectivity index (χ2v) is 4.98. The molecule has 0 spiro atoms. The van der Waals surface area contributed by atoms with Crippen molar-refractivity contribution in [2.45, 2.75) is 6.18 Å². The number of amides is 1. The van der Waals surface area contributed by atoms with Crippen molar-refractivity contribution >= 4 is 22.4 Å². The van der Waals surface area contributed by atoms with Crippen LogP contribution >= 0.6 is 0 Å². The zero-order valence-electron chi connectivity index (χ0n) is 12.0. The third kappa shape index (κ3) is 2.98. The molecule has 3 rings (SSSR count). The highest BCUT2D eigenvalue weighted by Crippen LogP contribution is 2.30. The van der Waals surface area contributed by atoms with Crippen molar-refractivity contribution in [2.24, 2.45) is 0 Å². The molecule has 0 aliphatic carbocycles. The van der Waals surface area contributed by atoms with Crippen LogP contribution in [0.5, 0.6) is 0 Å². The molecule has 2 aromatic carbocycles. The Morgan fingerprint density at radius 3 is 2.46 bits per heavy atom. The number of anilines is 1. The van der Waals surface area contributed by atoms with E-state index in [1.54, 1.807) is 18.2 Å². The molecule has 0 aliphatic rings. The molecular weight excluding hydrogens is 323 g/mol. The van der Waals surface area contributed by atoms with E-state index in [1.165, 1.54) is 18.2 Å². The van der Waals surface area contributed by atoms with E-state index in [1.807, 2.05) is 0 Å². The lowest BCUT2D eigenvalue weighted by Gasteiger charge is -2.10. The van der Waals surface area contributed by atoms with Gasteiger partial charge >= 0.3 is 6.18 Å². The predicted octanol–water partition coefficient (Wildman–Crippen LogP) is 3.19. The average Bonchev–Trinajstić information content (AvgIpc) is 2.55. The zero-order chi connectivity index (χ0) is 17.3. The lowest BCUT2D eigenvalue weighted by molar-refractivity contribution is -0.137. The van der Waals surface area contributed by atoms with Gasteiger partial charge in [-0.2, -0.15) is 18.3 Å². The molecule has 1 heterocycles. The Bertz CT molecular complexity index is 980. The molecule has 24 heavy (non-hydrogen) atoms. The highest BCUT2D eigenvalue weighted by atomic mass is 19.4. The van der Waals surface area contributed by atoms with Crippen LogP contribution in [0.15, 0.2) is 53.3 Å². The summed E-state index contributed by atoms with van der Waals surface area (Å²) in [7, 11) is 0. The molecule has 2 N–H and O–H groups in total. The van der Waals surface area contributed by atoms with E-state index >= 15 is 0 Å². The topological polar surface area (TPSA) is 74.8 Å². The lowest BCUT2D eigenvalue weighted by atomic mass is 10.1. The zero-order valence-corrected chi connectivity index (χ0v) is 12.0. The normalized spacial score (nSPS) is 11.5. The highest BCUT2D eigenvalue weighted by Gasteiger charge is 2.30. The summed E-state index contributed by atoms with van der Waals surface area (Å²) in [4.78, 5) is 24.0. The first-order valence-corrected chi connectivity index (χ1v) is 6.82. The molecule has 0 unspecified atom stereocenters. The molecule has 1 amide bonds. The Hall–Kier alpha value is -3.16. The maximum atomic E-state index is 12.7. The lowest BCUT2D eigenvalue weighted by Crippen LogP contribution is -2.19. The number of carbonyl (C=O) groups is 1. The summed E-state index contributed by atoms with van der Waals surface area (Å²) in [5, 5.41) is 8.84. The van der Waals surface area contributed by atoms with Gasteiger partial charge in [0.2, 0.25) is 0 Å². The summed E-state index contributed by atoms with van der Waals surface area (Å²) in [6.45, 7) is 0. The van der Waals surface area contributed by atoms with E-state index in [4.69, 9.17) is 0 Å². The van der Waals surface area contributed by atoms with Crippen molar-refractivity contribution < 1.29 is 18.0 Å².